The lowest BCUT2D eigenvalue weighted by Gasteiger charge is -2.39. The van der Waals surface area contributed by atoms with Crippen LogP contribution in [0.25, 0.3) is 6.08 Å². The average Bonchev–Trinajstić information content (AvgIpc) is 3.00. The van der Waals surface area contributed by atoms with Gasteiger partial charge < -0.3 is 10.2 Å². The van der Waals surface area contributed by atoms with Gasteiger partial charge in [-0.3, -0.25) is 4.79 Å². The number of nitrogens with one attached hydrogen (secondary N) is 1. The molecule has 0 bridgehead atoms. The third-order valence-corrected chi connectivity index (χ3v) is 6.96. The van der Waals surface area contributed by atoms with Crippen LogP contribution in [0.4, 0.5) is 5.69 Å². The summed E-state index contributed by atoms with van der Waals surface area (Å²) >= 11 is 7.61. The maximum absolute atomic E-state index is 13.4. The van der Waals surface area contributed by atoms with E-state index in [0.29, 0.717) is 10.9 Å². The van der Waals surface area contributed by atoms with Crippen molar-refractivity contribution in [1.82, 2.24) is 4.90 Å². The van der Waals surface area contributed by atoms with Crippen LogP contribution in [0.15, 0.2) is 59.5 Å². The molecule has 1 unspecified atom stereocenters. The van der Waals surface area contributed by atoms with Crippen molar-refractivity contribution in [2.24, 2.45) is 5.92 Å². The Morgan fingerprint density at radius 2 is 1.79 bits per heavy atom. The second-order valence-electron chi connectivity index (χ2n) is 7.58. The fraction of sp³-hybridized carbons (Fsp3) is 0.348. The number of halogens is 1. The molecule has 2 aliphatic rings. The van der Waals surface area contributed by atoms with Gasteiger partial charge in [-0.15, -0.1) is 0 Å². The first kappa shape index (κ1) is 19.4. The van der Waals surface area contributed by atoms with Gasteiger partial charge in [-0.25, -0.2) is 0 Å². The molecular weight excluding hydrogens is 388 g/mol. The van der Waals surface area contributed by atoms with Crippen molar-refractivity contribution in [3.05, 3.63) is 70.1 Å². The summed E-state index contributed by atoms with van der Waals surface area (Å²) in [7, 11) is 0. The summed E-state index contributed by atoms with van der Waals surface area (Å²) in [4.78, 5) is 16.3. The number of amides is 1. The van der Waals surface area contributed by atoms with Gasteiger partial charge in [0.25, 0.3) is 5.91 Å². The molecule has 4 rings (SSSR count). The molecule has 1 aliphatic carbocycles. The van der Waals surface area contributed by atoms with Crippen LogP contribution in [0.2, 0.25) is 5.02 Å². The SMILES string of the molecule is C[C@H]1CCCC[C@H]1N1C(=O)/C(=C/c2ccc(Cl)cc2)SC1Nc1ccccc1. The van der Waals surface area contributed by atoms with E-state index in [0.717, 1.165) is 22.6 Å². The van der Waals surface area contributed by atoms with Crippen LogP contribution in [0.5, 0.6) is 0 Å². The summed E-state index contributed by atoms with van der Waals surface area (Å²) in [6.07, 6.45) is 6.70. The molecule has 1 aliphatic heterocycles. The van der Waals surface area contributed by atoms with Crippen LogP contribution < -0.4 is 5.32 Å². The zero-order valence-electron chi connectivity index (χ0n) is 16.0. The molecule has 0 spiro atoms. The van der Waals surface area contributed by atoms with E-state index in [1.54, 1.807) is 11.8 Å². The minimum Gasteiger partial charge on any atom is -0.356 e. The molecule has 28 heavy (non-hydrogen) atoms. The summed E-state index contributed by atoms with van der Waals surface area (Å²) in [5.41, 5.74) is 1.95. The van der Waals surface area contributed by atoms with Crippen LogP contribution in [-0.2, 0) is 4.79 Å². The monoisotopic (exact) mass is 412 g/mol. The summed E-state index contributed by atoms with van der Waals surface area (Å²) in [6, 6.07) is 18.0. The highest BCUT2D eigenvalue weighted by Crippen LogP contribution is 2.42. The van der Waals surface area contributed by atoms with Gasteiger partial charge in [0.05, 0.1) is 4.91 Å². The van der Waals surface area contributed by atoms with Crippen molar-refractivity contribution in [3.8, 4) is 0 Å². The van der Waals surface area contributed by atoms with Crippen molar-refractivity contribution >= 4 is 41.0 Å². The fourth-order valence-corrected chi connectivity index (χ4v) is 5.42. The van der Waals surface area contributed by atoms with Crippen molar-refractivity contribution in [1.29, 1.82) is 0 Å². The van der Waals surface area contributed by atoms with E-state index in [2.05, 4.69) is 29.3 Å². The molecule has 2 aromatic rings. The molecule has 0 radical (unpaired) electrons. The highest BCUT2D eigenvalue weighted by atomic mass is 35.5. The number of benzene rings is 2. The number of thioether (sulfide) groups is 1. The number of carbonyl (C=O) groups is 1. The predicted octanol–water partition coefficient (Wildman–Crippen LogP) is 6.23. The van der Waals surface area contributed by atoms with E-state index in [4.69, 9.17) is 11.6 Å². The second-order valence-corrected chi connectivity index (χ2v) is 9.14. The van der Waals surface area contributed by atoms with Gasteiger partial charge in [0, 0.05) is 16.8 Å². The lowest BCUT2D eigenvalue weighted by molar-refractivity contribution is -0.129. The minimum atomic E-state index is -0.0843. The van der Waals surface area contributed by atoms with Gasteiger partial charge in [0.1, 0.15) is 0 Å². The Hall–Kier alpha value is -1.91. The number of rotatable bonds is 4. The molecule has 2 fully saturated rings. The largest absolute Gasteiger partial charge is 0.356 e. The molecule has 0 aromatic heterocycles. The Kier molecular flexibility index (Phi) is 5.98. The first-order valence-corrected chi connectivity index (χ1v) is 11.2. The fourth-order valence-electron chi connectivity index (χ4n) is 4.08. The molecule has 146 valence electrons. The van der Waals surface area contributed by atoms with E-state index in [1.165, 1.54) is 19.3 Å². The molecule has 2 aromatic carbocycles. The lowest BCUT2D eigenvalue weighted by Crippen LogP contribution is -2.48. The summed E-state index contributed by atoms with van der Waals surface area (Å²) in [5.74, 6) is 0.653. The third kappa shape index (κ3) is 4.23. The Morgan fingerprint density at radius 1 is 1.07 bits per heavy atom. The molecule has 1 heterocycles. The lowest BCUT2D eigenvalue weighted by atomic mass is 9.85. The zero-order valence-corrected chi connectivity index (χ0v) is 17.5. The first-order valence-electron chi connectivity index (χ1n) is 9.90. The maximum atomic E-state index is 13.4. The van der Waals surface area contributed by atoms with Crippen LogP contribution >= 0.6 is 23.4 Å². The molecule has 1 saturated heterocycles. The Bertz CT molecular complexity index is 853. The highest BCUT2D eigenvalue weighted by Gasteiger charge is 2.42. The normalized spacial score (nSPS) is 26.6. The number of hydrogen-bond donors (Lipinski definition) is 1. The number of carbonyl (C=O) groups excluding carboxylic acids is 1. The van der Waals surface area contributed by atoms with Crippen molar-refractivity contribution in [3.63, 3.8) is 0 Å². The molecule has 1 amide bonds. The first-order chi connectivity index (χ1) is 13.6. The van der Waals surface area contributed by atoms with E-state index in [9.17, 15) is 4.79 Å². The van der Waals surface area contributed by atoms with E-state index < -0.39 is 0 Å². The van der Waals surface area contributed by atoms with Crippen LogP contribution in [0.3, 0.4) is 0 Å². The van der Waals surface area contributed by atoms with Gasteiger partial charge in [-0.05, 0) is 54.7 Å². The van der Waals surface area contributed by atoms with E-state index in [1.807, 2.05) is 48.5 Å². The summed E-state index contributed by atoms with van der Waals surface area (Å²) in [5, 5.41) is 4.27. The molecule has 3 atom stereocenters. The van der Waals surface area contributed by atoms with E-state index >= 15 is 0 Å². The maximum Gasteiger partial charge on any atom is 0.262 e. The van der Waals surface area contributed by atoms with Gasteiger partial charge in [0.2, 0.25) is 0 Å². The molecule has 1 N–H and O–H groups in total. The summed E-state index contributed by atoms with van der Waals surface area (Å²) in [6.45, 7) is 2.28. The van der Waals surface area contributed by atoms with Crippen molar-refractivity contribution in [2.45, 2.75) is 44.1 Å². The smallest absolute Gasteiger partial charge is 0.262 e. The Balaban J connectivity index is 1.63. The van der Waals surface area contributed by atoms with Gasteiger partial charge in [0.15, 0.2) is 5.50 Å². The number of hydrogen-bond acceptors (Lipinski definition) is 3. The quantitative estimate of drug-likeness (QED) is 0.604. The van der Waals surface area contributed by atoms with Crippen molar-refractivity contribution in [2.75, 3.05) is 5.32 Å². The molecule has 1 saturated carbocycles. The van der Waals surface area contributed by atoms with E-state index in [-0.39, 0.29) is 17.4 Å². The minimum absolute atomic E-state index is 0.0843. The highest BCUT2D eigenvalue weighted by molar-refractivity contribution is 8.05. The third-order valence-electron chi connectivity index (χ3n) is 5.59. The van der Waals surface area contributed by atoms with Crippen LogP contribution in [0, 0.1) is 5.92 Å². The van der Waals surface area contributed by atoms with Gasteiger partial charge in [-0.1, -0.05) is 73.5 Å². The average molecular weight is 413 g/mol. The predicted molar refractivity (Wildman–Crippen MR) is 119 cm³/mol. The standard InChI is InChI=1S/C23H25ClN2OS/c1-16-7-5-6-10-20(16)26-22(27)21(15-17-11-13-18(24)14-12-17)28-23(26)25-19-8-3-2-4-9-19/h2-4,8-9,11-16,20,23,25H,5-7,10H2,1H3/b21-15-/t16-,20+,23?/m0/s1. The van der Waals surface area contributed by atoms with Crippen LogP contribution in [-0.4, -0.2) is 22.3 Å². The van der Waals surface area contributed by atoms with Gasteiger partial charge >= 0.3 is 0 Å². The Labute approximate surface area is 176 Å². The molecular formula is C23H25ClN2OS. The topological polar surface area (TPSA) is 32.3 Å². The van der Waals surface area contributed by atoms with Crippen molar-refractivity contribution < 1.29 is 4.79 Å². The molecule has 5 heteroatoms. The van der Waals surface area contributed by atoms with Gasteiger partial charge in [-0.2, -0.15) is 0 Å². The number of nitrogens with zero attached hydrogens (tertiary/aromatic N) is 1. The van der Waals surface area contributed by atoms with Crippen LogP contribution in [0.1, 0.15) is 38.2 Å². The number of para-hydroxylation sites is 1. The Morgan fingerprint density at radius 3 is 2.50 bits per heavy atom. The second kappa shape index (κ2) is 8.62. The summed E-state index contributed by atoms with van der Waals surface area (Å²) < 4.78 is 0. The molecule has 3 nitrogen and oxygen atoms in total. The zero-order chi connectivity index (χ0) is 19.5. The number of anilines is 1.